The second-order valence-electron chi connectivity index (χ2n) is 6.21. The predicted molar refractivity (Wildman–Crippen MR) is 83.9 cm³/mol. The molecule has 4 N–H and O–H groups in total. The van der Waals surface area contributed by atoms with Crippen molar-refractivity contribution in [3.8, 4) is 0 Å². The first-order chi connectivity index (χ1) is 9.93. The fourth-order valence-corrected chi connectivity index (χ4v) is 2.62. The van der Waals surface area contributed by atoms with Gasteiger partial charge in [0, 0.05) is 6.42 Å². The van der Waals surface area contributed by atoms with E-state index in [0.29, 0.717) is 6.42 Å². The molecule has 0 aliphatic heterocycles. The molecule has 0 aromatic carbocycles. The largest absolute Gasteiger partial charge is 0.394 e. The molecule has 1 atom stereocenters. The van der Waals surface area contributed by atoms with Crippen molar-refractivity contribution in [2.75, 3.05) is 6.61 Å². The van der Waals surface area contributed by atoms with Crippen molar-refractivity contribution >= 4 is 0 Å². The second kappa shape index (κ2) is 8.69. The van der Waals surface area contributed by atoms with Crippen molar-refractivity contribution in [3.05, 3.63) is 24.3 Å². The Morgan fingerprint density at radius 2 is 1.38 bits per heavy atom. The third-order valence-electron chi connectivity index (χ3n) is 4.03. The zero-order valence-corrected chi connectivity index (χ0v) is 13.0. The molecule has 122 valence electrons. The Hall–Kier alpha value is -0.680. The van der Waals surface area contributed by atoms with E-state index in [-0.39, 0.29) is 13.0 Å². The predicted octanol–water partition coefficient (Wildman–Crippen LogP) is 2.07. The topological polar surface area (TPSA) is 80.9 Å². The van der Waals surface area contributed by atoms with E-state index in [4.69, 9.17) is 5.11 Å². The van der Waals surface area contributed by atoms with Crippen molar-refractivity contribution in [3.63, 3.8) is 0 Å². The minimum atomic E-state index is -1.28. The molecule has 0 radical (unpaired) electrons. The van der Waals surface area contributed by atoms with Gasteiger partial charge in [-0.15, -0.1) is 0 Å². The van der Waals surface area contributed by atoms with Gasteiger partial charge in [0.25, 0.3) is 0 Å². The monoisotopic (exact) mass is 298 g/mol. The molecule has 21 heavy (non-hydrogen) atoms. The number of rotatable bonds is 10. The van der Waals surface area contributed by atoms with Gasteiger partial charge >= 0.3 is 0 Å². The summed E-state index contributed by atoms with van der Waals surface area (Å²) >= 11 is 0. The summed E-state index contributed by atoms with van der Waals surface area (Å²) in [6, 6.07) is 0. The zero-order chi connectivity index (χ0) is 15.8. The van der Waals surface area contributed by atoms with Gasteiger partial charge in [-0.2, -0.15) is 0 Å². The number of hydrogen-bond acceptors (Lipinski definition) is 4. The Kier molecular flexibility index (Phi) is 7.60. The molecule has 0 saturated carbocycles. The first kappa shape index (κ1) is 18.4. The lowest BCUT2D eigenvalue weighted by molar-refractivity contribution is 0.0227. The summed E-state index contributed by atoms with van der Waals surface area (Å²) in [6.45, 7) is 1.81. The highest BCUT2D eigenvalue weighted by molar-refractivity contribution is 5.29. The molecule has 4 heteroatoms. The smallest absolute Gasteiger partial charge is 0.104 e. The number of aliphatic hydroxyl groups excluding tert-OH is 2. The third-order valence-corrected chi connectivity index (χ3v) is 4.03. The molecule has 4 nitrogen and oxygen atoms in total. The van der Waals surface area contributed by atoms with E-state index in [1.54, 1.807) is 12.2 Å². The Bertz CT molecular complexity index is 335. The van der Waals surface area contributed by atoms with Crippen LogP contribution in [0.1, 0.15) is 58.3 Å². The van der Waals surface area contributed by atoms with E-state index in [0.717, 1.165) is 12.8 Å². The van der Waals surface area contributed by atoms with Crippen molar-refractivity contribution < 1.29 is 20.4 Å². The summed E-state index contributed by atoms with van der Waals surface area (Å²) in [5.41, 5.74) is -2.28. The summed E-state index contributed by atoms with van der Waals surface area (Å²) < 4.78 is 0. The molecule has 1 aliphatic rings. The molecular formula is C17H30O4. The van der Waals surface area contributed by atoms with Crippen molar-refractivity contribution in [1.82, 2.24) is 0 Å². The molecule has 0 spiro atoms. The highest BCUT2D eigenvalue weighted by Crippen LogP contribution is 2.29. The molecule has 0 bridgehead atoms. The van der Waals surface area contributed by atoms with Crippen LogP contribution in [-0.4, -0.2) is 44.3 Å². The fourth-order valence-electron chi connectivity index (χ4n) is 2.62. The Morgan fingerprint density at radius 1 is 0.857 bits per heavy atom. The lowest BCUT2D eigenvalue weighted by atomic mass is 9.83. The van der Waals surface area contributed by atoms with Gasteiger partial charge in [0.15, 0.2) is 0 Å². The molecule has 0 amide bonds. The summed E-state index contributed by atoms with van der Waals surface area (Å²) in [5, 5.41) is 38.9. The molecule has 0 aromatic rings. The first-order valence-corrected chi connectivity index (χ1v) is 8.07. The molecule has 1 rings (SSSR count). The Morgan fingerprint density at radius 3 is 1.95 bits per heavy atom. The average molecular weight is 298 g/mol. The van der Waals surface area contributed by atoms with Crippen LogP contribution in [0.15, 0.2) is 24.3 Å². The van der Waals surface area contributed by atoms with Gasteiger partial charge in [-0.05, 0) is 25.0 Å². The lowest BCUT2D eigenvalue weighted by Gasteiger charge is -2.31. The summed E-state index contributed by atoms with van der Waals surface area (Å²) in [5.74, 6) is 0. The van der Waals surface area contributed by atoms with Crippen LogP contribution in [0.5, 0.6) is 0 Å². The maximum Gasteiger partial charge on any atom is 0.104 e. The van der Waals surface area contributed by atoms with Gasteiger partial charge in [-0.1, -0.05) is 51.2 Å². The second-order valence-corrected chi connectivity index (χ2v) is 6.21. The molecule has 1 unspecified atom stereocenters. The van der Waals surface area contributed by atoms with Crippen LogP contribution in [0.2, 0.25) is 0 Å². The molecule has 0 fully saturated rings. The van der Waals surface area contributed by atoms with E-state index in [9.17, 15) is 15.3 Å². The minimum Gasteiger partial charge on any atom is -0.394 e. The lowest BCUT2D eigenvalue weighted by Crippen LogP contribution is -2.36. The van der Waals surface area contributed by atoms with Gasteiger partial charge in [-0.25, -0.2) is 0 Å². The molecule has 1 aliphatic carbocycles. The Labute approximate surface area is 127 Å². The van der Waals surface area contributed by atoms with Gasteiger partial charge < -0.3 is 20.4 Å². The SMILES string of the molecule is CCCCCCCCC1(O)C=CC(O)(CC(O)CO)C=C1. The highest BCUT2D eigenvalue weighted by atomic mass is 16.3. The van der Waals surface area contributed by atoms with Gasteiger partial charge in [0.1, 0.15) is 11.2 Å². The maximum absolute atomic E-state index is 10.4. The van der Waals surface area contributed by atoms with E-state index >= 15 is 0 Å². The molecule has 0 saturated heterocycles. The van der Waals surface area contributed by atoms with Crippen LogP contribution < -0.4 is 0 Å². The summed E-state index contributed by atoms with van der Waals surface area (Å²) in [6.07, 6.45) is 13.0. The fraction of sp³-hybridized carbons (Fsp3) is 0.765. The van der Waals surface area contributed by atoms with Crippen molar-refractivity contribution in [1.29, 1.82) is 0 Å². The standard InChI is InChI=1S/C17H30O4/c1-2-3-4-5-6-7-8-16(20)9-11-17(21,12-10-16)13-15(19)14-18/h9-12,15,18-21H,2-8,13-14H2,1H3. The molecule has 0 aromatic heterocycles. The van der Waals surface area contributed by atoms with Crippen LogP contribution in [0.25, 0.3) is 0 Å². The van der Waals surface area contributed by atoms with Crippen LogP contribution in [0.4, 0.5) is 0 Å². The van der Waals surface area contributed by atoms with Crippen LogP contribution in [0.3, 0.4) is 0 Å². The molecule has 0 heterocycles. The van der Waals surface area contributed by atoms with Gasteiger partial charge in [0.2, 0.25) is 0 Å². The summed E-state index contributed by atoms with van der Waals surface area (Å²) in [7, 11) is 0. The van der Waals surface area contributed by atoms with Crippen LogP contribution in [0, 0.1) is 0 Å². The average Bonchev–Trinajstić information content (AvgIpc) is 2.46. The summed E-state index contributed by atoms with van der Waals surface area (Å²) in [4.78, 5) is 0. The zero-order valence-electron chi connectivity index (χ0n) is 13.0. The normalized spacial score (nSPS) is 29.8. The van der Waals surface area contributed by atoms with E-state index < -0.39 is 17.3 Å². The number of hydrogen-bond donors (Lipinski definition) is 4. The van der Waals surface area contributed by atoms with E-state index in [2.05, 4.69) is 6.92 Å². The highest BCUT2D eigenvalue weighted by Gasteiger charge is 2.31. The van der Waals surface area contributed by atoms with Gasteiger partial charge in [-0.3, -0.25) is 0 Å². The Balaban J connectivity index is 2.36. The van der Waals surface area contributed by atoms with Crippen molar-refractivity contribution in [2.24, 2.45) is 0 Å². The van der Waals surface area contributed by atoms with E-state index in [1.807, 2.05) is 0 Å². The minimum absolute atomic E-state index is 0.0313. The maximum atomic E-state index is 10.4. The first-order valence-electron chi connectivity index (χ1n) is 8.07. The third kappa shape index (κ3) is 6.74. The quantitative estimate of drug-likeness (QED) is 0.368. The van der Waals surface area contributed by atoms with Crippen LogP contribution in [-0.2, 0) is 0 Å². The van der Waals surface area contributed by atoms with Crippen LogP contribution >= 0.6 is 0 Å². The van der Waals surface area contributed by atoms with Crippen molar-refractivity contribution in [2.45, 2.75) is 75.6 Å². The molecular weight excluding hydrogens is 268 g/mol. The van der Waals surface area contributed by atoms with E-state index in [1.165, 1.54) is 37.8 Å². The number of aliphatic hydroxyl groups is 4. The van der Waals surface area contributed by atoms with Gasteiger partial charge in [0.05, 0.1) is 12.7 Å². The number of unbranched alkanes of at least 4 members (excludes halogenated alkanes) is 5.